The van der Waals surface area contributed by atoms with E-state index in [1.54, 1.807) is 7.11 Å². The van der Waals surface area contributed by atoms with Gasteiger partial charge in [-0.1, -0.05) is 12.1 Å². The lowest BCUT2D eigenvalue weighted by Crippen LogP contribution is -2.54. The highest BCUT2D eigenvalue weighted by atomic mass is 16.5. The van der Waals surface area contributed by atoms with Crippen LogP contribution in [0, 0.1) is 6.92 Å². The van der Waals surface area contributed by atoms with Crippen molar-refractivity contribution in [2.75, 3.05) is 53.4 Å². The van der Waals surface area contributed by atoms with Gasteiger partial charge < -0.3 is 20.3 Å². The lowest BCUT2D eigenvalue weighted by molar-refractivity contribution is -0.122. The molecule has 0 aromatic heterocycles. The number of amides is 1. The maximum absolute atomic E-state index is 12.0. The highest BCUT2D eigenvalue weighted by Gasteiger charge is 2.25. The molecule has 154 valence electrons. The molecule has 1 heterocycles. The van der Waals surface area contributed by atoms with Crippen LogP contribution in [0.3, 0.4) is 0 Å². The SMILES string of the molecule is CN=C(NCCc1ccc(C)c(OC)c1)N1CCN(CC(=O)NC2CC2)CC1. The highest BCUT2D eigenvalue weighted by molar-refractivity contribution is 5.80. The van der Waals surface area contributed by atoms with Crippen LogP contribution in [0.5, 0.6) is 5.75 Å². The fraction of sp³-hybridized carbons (Fsp3) is 0.619. The number of nitrogens with zero attached hydrogens (tertiary/aromatic N) is 3. The van der Waals surface area contributed by atoms with Crippen LogP contribution < -0.4 is 15.4 Å². The molecule has 3 rings (SSSR count). The fourth-order valence-electron chi connectivity index (χ4n) is 3.49. The smallest absolute Gasteiger partial charge is 0.234 e. The summed E-state index contributed by atoms with van der Waals surface area (Å²) in [7, 11) is 3.54. The summed E-state index contributed by atoms with van der Waals surface area (Å²) in [5.41, 5.74) is 2.40. The van der Waals surface area contributed by atoms with Crippen LogP contribution in [-0.2, 0) is 11.2 Å². The maximum atomic E-state index is 12.0. The number of carbonyl (C=O) groups excluding carboxylic acids is 1. The molecule has 1 aromatic carbocycles. The van der Waals surface area contributed by atoms with Crippen molar-refractivity contribution < 1.29 is 9.53 Å². The topological polar surface area (TPSA) is 69.2 Å². The van der Waals surface area contributed by atoms with E-state index in [0.29, 0.717) is 12.6 Å². The first-order valence-corrected chi connectivity index (χ1v) is 10.2. The van der Waals surface area contributed by atoms with Crippen molar-refractivity contribution in [2.24, 2.45) is 4.99 Å². The third-order valence-electron chi connectivity index (χ3n) is 5.36. The number of nitrogens with one attached hydrogen (secondary N) is 2. The van der Waals surface area contributed by atoms with Crippen LogP contribution in [0.25, 0.3) is 0 Å². The first-order valence-electron chi connectivity index (χ1n) is 10.2. The Kier molecular flexibility index (Phi) is 7.14. The van der Waals surface area contributed by atoms with Gasteiger partial charge in [0, 0.05) is 45.8 Å². The van der Waals surface area contributed by atoms with Gasteiger partial charge in [-0.05, 0) is 43.4 Å². The molecule has 7 nitrogen and oxygen atoms in total. The number of hydrogen-bond acceptors (Lipinski definition) is 4. The van der Waals surface area contributed by atoms with Crippen molar-refractivity contribution in [3.05, 3.63) is 29.3 Å². The number of piperazine rings is 1. The fourth-order valence-corrected chi connectivity index (χ4v) is 3.49. The molecule has 28 heavy (non-hydrogen) atoms. The number of carbonyl (C=O) groups is 1. The minimum absolute atomic E-state index is 0.159. The Labute approximate surface area is 168 Å². The molecule has 0 unspecified atom stereocenters. The molecule has 0 bridgehead atoms. The normalized spacial score (nSPS) is 18.1. The lowest BCUT2D eigenvalue weighted by Gasteiger charge is -2.36. The quantitative estimate of drug-likeness (QED) is 0.540. The third-order valence-corrected chi connectivity index (χ3v) is 5.36. The Balaban J connectivity index is 1.40. The first kappa shape index (κ1) is 20.5. The van der Waals surface area contributed by atoms with E-state index < -0.39 is 0 Å². The summed E-state index contributed by atoms with van der Waals surface area (Å²) in [6, 6.07) is 6.78. The third kappa shape index (κ3) is 5.86. The molecule has 2 N–H and O–H groups in total. The summed E-state index contributed by atoms with van der Waals surface area (Å²) in [5, 5.41) is 6.53. The molecule has 2 aliphatic rings. The van der Waals surface area contributed by atoms with Crippen molar-refractivity contribution in [2.45, 2.75) is 32.2 Å². The molecule has 1 saturated carbocycles. The average Bonchev–Trinajstić information content (AvgIpc) is 3.51. The maximum Gasteiger partial charge on any atom is 0.234 e. The Morgan fingerprint density at radius 2 is 2.00 bits per heavy atom. The Morgan fingerprint density at radius 1 is 1.25 bits per heavy atom. The number of ether oxygens (including phenoxy) is 1. The summed E-state index contributed by atoms with van der Waals surface area (Å²) >= 11 is 0. The molecular formula is C21H33N5O2. The molecular weight excluding hydrogens is 354 g/mol. The average molecular weight is 388 g/mol. The van der Waals surface area contributed by atoms with E-state index in [4.69, 9.17) is 4.74 Å². The van der Waals surface area contributed by atoms with E-state index in [2.05, 4.69) is 50.5 Å². The Bertz CT molecular complexity index is 694. The number of hydrogen-bond donors (Lipinski definition) is 2. The molecule has 0 atom stereocenters. The number of rotatable bonds is 7. The largest absolute Gasteiger partial charge is 0.496 e. The standard InChI is InChI=1S/C21H33N5O2/c1-16-4-5-17(14-19(16)28-3)8-9-23-21(22-2)26-12-10-25(11-13-26)15-20(27)24-18-6-7-18/h4-5,14,18H,6-13,15H2,1-3H3,(H,22,23)(H,24,27). The predicted molar refractivity (Wildman–Crippen MR) is 112 cm³/mol. The van der Waals surface area contributed by atoms with E-state index in [1.807, 2.05) is 7.05 Å². The van der Waals surface area contributed by atoms with Gasteiger partial charge in [0.1, 0.15) is 5.75 Å². The van der Waals surface area contributed by atoms with Gasteiger partial charge in [-0.15, -0.1) is 0 Å². The van der Waals surface area contributed by atoms with Gasteiger partial charge in [0.2, 0.25) is 5.91 Å². The second-order valence-corrected chi connectivity index (χ2v) is 7.63. The zero-order chi connectivity index (χ0) is 19.9. The van der Waals surface area contributed by atoms with Gasteiger partial charge in [0.15, 0.2) is 5.96 Å². The predicted octanol–water partition coefficient (Wildman–Crippen LogP) is 1.02. The van der Waals surface area contributed by atoms with Crippen LogP contribution in [0.1, 0.15) is 24.0 Å². The number of guanidine groups is 1. The highest BCUT2D eigenvalue weighted by Crippen LogP contribution is 2.19. The summed E-state index contributed by atoms with van der Waals surface area (Å²) in [4.78, 5) is 20.9. The van der Waals surface area contributed by atoms with E-state index >= 15 is 0 Å². The molecule has 0 radical (unpaired) electrons. The zero-order valence-electron chi connectivity index (χ0n) is 17.3. The second kappa shape index (κ2) is 9.78. The summed E-state index contributed by atoms with van der Waals surface area (Å²) in [6.45, 7) is 6.91. The van der Waals surface area contributed by atoms with Crippen LogP contribution in [0.4, 0.5) is 0 Å². The molecule has 7 heteroatoms. The van der Waals surface area contributed by atoms with Gasteiger partial charge in [-0.25, -0.2) is 0 Å². The van der Waals surface area contributed by atoms with Gasteiger partial charge in [-0.2, -0.15) is 0 Å². The number of aryl methyl sites for hydroxylation is 1. The van der Waals surface area contributed by atoms with Crippen molar-refractivity contribution >= 4 is 11.9 Å². The Morgan fingerprint density at radius 3 is 2.64 bits per heavy atom. The minimum Gasteiger partial charge on any atom is -0.496 e. The van der Waals surface area contributed by atoms with Gasteiger partial charge in [-0.3, -0.25) is 14.7 Å². The second-order valence-electron chi connectivity index (χ2n) is 7.63. The van der Waals surface area contributed by atoms with Crippen molar-refractivity contribution in [3.8, 4) is 5.75 Å². The van der Waals surface area contributed by atoms with E-state index in [-0.39, 0.29) is 5.91 Å². The van der Waals surface area contributed by atoms with E-state index in [0.717, 1.165) is 69.3 Å². The zero-order valence-corrected chi connectivity index (χ0v) is 17.3. The number of benzene rings is 1. The monoisotopic (exact) mass is 387 g/mol. The number of aliphatic imine (C=N–C) groups is 1. The molecule has 0 spiro atoms. The van der Waals surface area contributed by atoms with Crippen LogP contribution in [-0.4, -0.2) is 81.1 Å². The van der Waals surface area contributed by atoms with Crippen LogP contribution >= 0.6 is 0 Å². The molecule has 1 aliphatic carbocycles. The Hall–Kier alpha value is -2.28. The van der Waals surface area contributed by atoms with Gasteiger partial charge in [0.05, 0.1) is 13.7 Å². The molecule has 1 amide bonds. The first-order chi connectivity index (χ1) is 13.6. The van der Waals surface area contributed by atoms with Crippen LogP contribution in [0.15, 0.2) is 23.2 Å². The van der Waals surface area contributed by atoms with Crippen LogP contribution in [0.2, 0.25) is 0 Å². The van der Waals surface area contributed by atoms with Crippen molar-refractivity contribution in [1.29, 1.82) is 0 Å². The van der Waals surface area contributed by atoms with E-state index in [9.17, 15) is 4.79 Å². The molecule has 2 fully saturated rings. The minimum atomic E-state index is 0.159. The molecule has 1 saturated heterocycles. The molecule has 1 aliphatic heterocycles. The summed E-state index contributed by atoms with van der Waals surface area (Å²) in [5.74, 6) is 2.02. The van der Waals surface area contributed by atoms with E-state index in [1.165, 1.54) is 5.56 Å². The summed E-state index contributed by atoms with van der Waals surface area (Å²) < 4.78 is 5.41. The molecule has 1 aromatic rings. The van der Waals surface area contributed by atoms with Crippen molar-refractivity contribution in [1.82, 2.24) is 20.4 Å². The number of methoxy groups -OCH3 is 1. The van der Waals surface area contributed by atoms with Gasteiger partial charge >= 0.3 is 0 Å². The lowest BCUT2D eigenvalue weighted by atomic mass is 10.1. The summed E-state index contributed by atoms with van der Waals surface area (Å²) in [6.07, 6.45) is 3.19. The van der Waals surface area contributed by atoms with Gasteiger partial charge in [0.25, 0.3) is 0 Å². The van der Waals surface area contributed by atoms with Crippen molar-refractivity contribution in [3.63, 3.8) is 0 Å².